The molecule has 0 spiro atoms. The Morgan fingerprint density at radius 3 is 2.33 bits per heavy atom. The van der Waals surface area contributed by atoms with Gasteiger partial charge in [0.2, 0.25) is 0 Å². The number of nitrogen functional groups attached to an aromatic ring is 1. The molecule has 9 heteroatoms. The fourth-order valence-corrected chi connectivity index (χ4v) is 6.77. The third kappa shape index (κ3) is 9.69. The third-order valence-corrected chi connectivity index (χ3v) is 9.74. The minimum absolute atomic E-state index is 0.242. The van der Waals surface area contributed by atoms with E-state index in [0.717, 1.165) is 47.2 Å². The summed E-state index contributed by atoms with van der Waals surface area (Å²) in [6.45, 7) is 10.2. The van der Waals surface area contributed by atoms with E-state index in [0.29, 0.717) is 41.4 Å². The van der Waals surface area contributed by atoms with E-state index in [1.807, 2.05) is 49.4 Å². The molecule has 1 atom stereocenters. The van der Waals surface area contributed by atoms with E-state index in [1.54, 1.807) is 13.2 Å². The van der Waals surface area contributed by atoms with E-state index in [1.165, 1.54) is 32.1 Å². The first-order chi connectivity index (χ1) is 22.2. The van der Waals surface area contributed by atoms with Crippen LogP contribution in [0.25, 0.3) is 10.8 Å². The molecular formula is C37H50BrN3O5. The monoisotopic (exact) mass is 695 g/mol. The van der Waals surface area contributed by atoms with Gasteiger partial charge in [-0.05, 0) is 101 Å². The maximum atomic E-state index is 13.1. The highest BCUT2D eigenvalue weighted by molar-refractivity contribution is 9.10. The number of hydrogen-bond donors (Lipinski definition) is 1. The van der Waals surface area contributed by atoms with Crippen molar-refractivity contribution in [3.8, 4) is 5.75 Å². The fourth-order valence-electron chi connectivity index (χ4n) is 6.26. The number of carbonyl (C=O) groups excluding carboxylic acids is 2. The van der Waals surface area contributed by atoms with Gasteiger partial charge in [0.25, 0.3) is 0 Å². The van der Waals surface area contributed by atoms with Crippen LogP contribution in [0.15, 0.2) is 53.0 Å². The highest BCUT2D eigenvalue weighted by Gasteiger charge is 2.23. The molecular weight excluding hydrogens is 646 g/mol. The Balaban J connectivity index is 1.26. The molecule has 46 heavy (non-hydrogen) atoms. The van der Waals surface area contributed by atoms with E-state index in [-0.39, 0.29) is 31.1 Å². The Bertz CT molecular complexity index is 1460. The Morgan fingerprint density at radius 2 is 1.63 bits per heavy atom. The van der Waals surface area contributed by atoms with Gasteiger partial charge < -0.3 is 19.9 Å². The van der Waals surface area contributed by atoms with Gasteiger partial charge in [0.15, 0.2) is 0 Å². The maximum absolute atomic E-state index is 13.1. The number of carbonyl (C=O) groups is 2. The summed E-state index contributed by atoms with van der Waals surface area (Å²) in [5, 5.41) is 2.10. The Hall–Kier alpha value is -3.14. The van der Waals surface area contributed by atoms with Crippen LogP contribution in [0.4, 0.5) is 5.69 Å². The topological polar surface area (TPSA) is 94.3 Å². The van der Waals surface area contributed by atoms with Crippen molar-refractivity contribution in [1.82, 2.24) is 9.80 Å². The normalized spacial score (nSPS) is 14.5. The average Bonchev–Trinajstić information content (AvgIpc) is 3.08. The van der Waals surface area contributed by atoms with Gasteiger partial charge >= 0.3 is 11.9 Å². The van der Waals surface area contributed by atoms with Gasteiger partial charge in [-0.3, -0.25) is 14.6 Å². The zero-order valence-electron chi connectivity index (χ0n) is 27.9. The molecule has 0 aromatic heterocycles. The van der Waals surface area contributed by atoms with Gasteiger partial charge in [-0.1, -0.05) is 57.4 Å². The number of nitrogens with two attached hydrogens (primary N) is 1. The third-order valence-electron chi connectivity index (χ3n) is 9.08. The van der Waals surface area contributed by atoms with Crippen molar-refractivity contribution in [1.29, 1.82) is 0 Å². The van der Waals surface area contributed by atoms with E-state index >= 15 is 0 Å². The van der Waals surface area contributed by atoms with Crippen LogP contribution in [0.5, 0.6) is 5.75 Å². The lowest BCUT2D eigenvalue weighted by atomic mass is 9.93. The number of methoxy groups -OCH3 is 1. The van der Waals surface area contributed by atoms with Crippen LogP contribution in [0.2, 0.25) is 0 Å². The molecule has 3 aromatic rings. The van der Waals surface area contributed by atoms with Crippen molar-refractivity contribution >= 4 is 44.3 Å². The molecule has 0 saturated heterocycles. The molecule has 0 aliphatic heterocycles. The second kappa shape index (κ2) is 17.7. The van der Waals surface area contributed by atoms with Gasteiger partial charge in [-0.25, -0.2) is 4.79 Å². The fraction of sp³-hybridized carbons (Fsp3) is 0.514. The van der Waals surface area contributed by atoms with Crippen molar-refractivity contribution in [2.75, 3.05) is 52.2 Å². The van der Waals surface area contributed by atoms with Crippen LogP contribution in [0.1, 0.15) is 86.7 Å². The molecule has 1 saturated carbocycles. The van der Waals surface area contributed by atoms with Gasteiger partial charge in [-0.15, -0.1) is 0 Å². The summed E-state index contributed by atoms with van der Waals surface area (Å²) < 4.78 is 17.4. The van der Waals surface area contributed by atoms with Gasteiger partial charge in [0, 0.05) is 30.1 Å². The van der Waals surface area contributed by atoms with Gasteiger partial charge in [0.1, 0.15) is 19.0 Å². The molecule has 1 fully saturated rings. The quantitative estimate of drug-likeness (QED) is 0.121. The van der Waals surface area contributed by atoms with E-state index in [9.17, 15) is 9.59 Å². The summed E-state index contributed by atoms with van der Waals surface area (Å²) in [4.78, 5) is 30.6. The van der Waals surface area contributed by atoms with Crippen molar-refractivity contribution in [2.45, 2.75) is 77.8 Å². The summed E-state index contributed by atoms with van der Waals surface area (Å²) in [6.07, 6.45) is 7.21. The smallest absolute Gasteiger partial charge is 0.338 e. The number of fused-ring (bicyclic) bond motifs is 1. The summed E-state index contributed by atoms with van der Waals surface area (Å²) >= 11 is 3.56. The van der Waals surface area contributed by atoms with Crippen LogP contribution in [-0.2, 0) is 20.8 Å². The van der Waals surface area contributed by atoms with Crippen molar-refractivity contribution in [2.24, 2.45) is 0 Å². The number of nitrogens with zero attached hydrogens (tertiary/aromatic N) is 2. The number of halogens is 1. The minimum Gasteiger partial charge on any atom is -0.497 e. The number of rotatable bonds is 16. The first kappa shape index (κ1) is 35.7. The predicted octanol–water partition coefficient (Wildman–Crippen LogP) is 7.56. The zero-order valence-corrected chi connectivity index (χ0v) is 29.4. The number of anilines is 1. The molecule has 2 N–H and O–H groups in total. The summed E-state index contributed by atoms with van der Waals surface area (Å²) in [5.74, 6) is -0.211. The highest BCUT2D eigenvalue weighted by Crippen LogP contribution is 2.30. The molecule has 0 bridgehead atoms. The molecule has 0 amide bonds. The van der Waals surface area contributed by atoms with E-state index < -0.39 is 0 Å². The number of esters is 2. The minimum atomic E-state index is -0.386. The van der Waals surface area contributed by atoms with Gasteiger partial charge in [-0.2, -0.15) is 0 Å². The first-order valence-corrected chi connectivity index (χ1v) is 17.5. The summed E-state index contributed by atoms with van der Waals surface area (Å²) in [6, 6.07) is 16.1. The van der Waals surface area contributed by atoms with Crippen LogP contribution in [0.3, 0.4) is 0 Å². The molecule has 1 unspecified atom stereocenters. The number of benzene rings is 3. The average molecular weight is 697 g/mol. The first-order valence-electron chi connectivity index (χ1n) is 16.7. The van der Waals surface area contributed by atoms with E-state index in [4.69, 9.17) is 19.9 Å². The highest BCUT2D eigenvalue weighted by atomic mass is 79.9. The van der Waals surface area contributed by atoms with Crippen molar-refractivity contribution < 1.29 is 23.8 Å². The summed E-state index contributed by atoms with van der Waals surface area (Å²) in [5.41, 5.74) is 9.46. The predicted molar refractivity (Wildman–Crippen MR) is 188 cm³/mol. The molecule has 3 aromatic carbocycles. The second-order valence-electron chi connectivity index (χ2n) is 12.2. The number of hydrogen-bond acceptors (Lipinski definition) is 8. The zero-order chi connectivity index (χ0) is 33.1. The molecule has 0 radical (unpaired) electrons. The Kier molecular flexibility index (Phi) is 13.7. The standard InChI is InChI=1S/C37H50BrN3O5/c1-5-16-40(17-19-45-36(42)26(3)27-12-13-29-23-33(44-4)15-14-28(29)21-27)18-20-46-37(43)30-22-31(35(39)34(38)24-30)25-41(6-2)32-10-8-7-9-11-32/h12-15,21-24,26,32H,5-11,16-20,25,39H2,1-4H3. The lowest BCUT2D eigenvalue weighted by molar-refractivity contribution is -0.145. The van der Waals surface area contributed by atoms with E-state index in [2.05, 4.69) is 39.6 Å². The van der Waals surface area contributed by atoms with Crippen LogP contribution >= 0.6 is 15.9 Å². The van der Waals surface area contributed by atoms with Gasteiger partial charge in [0.05, 0.1) is 24.3 Å². The van der Waals surface area contributed by atoms with Crippen molar-refractivity contribution in [3.05, 3.63) is 69.7 Å². The molecule has 4 rings (SSSR count). The van der Waals surface area contributed by atoms with Crippen LogP contribution in [-0.4, -0.2) is 74.3 Å². The Morgan fingerprint density at radius 1 is 0.935 bits per heavy atom. The number of ether oxygens (including phenoxy) is 3. The van der Waals surface area contributed by atoms with Crippen LogP contribution < -0.4 is 10.5 Å². The molecule has 0 heterocycles. The Labute approximate surface area is 282 Å². The SMILES string of the molecule is CCCN(CCOC(=O)c1cc(Br)c(N)c(CN(CC)C2CCCCC2)c1)CCOC(=O)C(C)c1ccc2cc(OC)ccc2c1. The van der Waals surface area contributed by atoms with Crippen LogP contribution in [0, 0.1) is 0 Å². The maximum Gasteiger partial charge on any atom is 0.338 e. The molecule has 1 aliphatic carbocycles. The molecule has 250 valence electrons. The van der Waals surface area contributed by atoms with Crippen molar-refractivity contribution in [3.63, 3.8) is 0 Å². The summed E-state index contributed by atoms with van der Waals surface area (Å²) in [7, 11) is 1.65. The molecule has 8 nitrogen and oxygen atoms in total. The molecule has 1 aliphatic rings. The lowest BCUT2D eigenvalue weighted by Crippen LogP contribution is -2.36. The second-order valence-corrected chi connectivity index (χ2v) is 13.1. The largest absolute Gasteiger partial charge is 0.497 e. The lowest BCUT2D eigenvalue weighted by Gasteiger charge is -2.34.